The van der Waals surface area contributed by atoms with Crippen LogP contribution in [0.15, 0.2) is 11.6 Å². The normalized spacial score (nSPS) is 47.6. The van der Waals surface area contributed by atoms with Crippen LogP contribution in [-0.2, 0) is 14.4 Å². The van der Waals surface area contributed by atoms with E-state index in [0.717, 1.165) is 18.8 Å². The molecule has 1 N–H and O–H groups in total. The lowest BCUT2D eigenvalue weighted by Gasteiger charge is -2.62. The first-order valence-corrected chi connectivity index (χ1v) is 13.7. The van der Waals surface area contributed by atoms with Gasteiger partial charge in [-0.05, 0) is 110 Å². The Bertz CT molecular complexity index is 976. The van der Waals surface area contributed by atoms with Gasteiger partial charge >= 0.3 is 5.97 Å². The first-order valence-electron chi connectivity index (χ1n) is 13.7. The smallest absolute Gasteiger partial charge is 0.331 e. The van der Waals surface area contributed by atoms with Crippen molar-refractivity contribution in [3.8, 4) is 0 Å². The van der Waals surface area contributed by atoms with Gasteiger partial charge in [-0.2, -0.15) is 0 Å². The second-order valence-corrected chi connectivity index (χ2v) is 14.1. The van der Waals surface area contributed by atoms with Crippen LogP contribution in [-0.4, -0.2) is 22.6 Å². The predicted octanol–water partition coefficient (Wildman–Crippen LogP) is 6.62. The molecule has 0 radical (unpaired) electrons. The molecule has 0 saturated heterocycles. The van der Waals surface area contributed by atoms with E-state index in [-0.39, 0.29) is 28.1 Å². The quantitative estimate of drug-likeness (QED) is 0.460. The minimum Gasteiger partial charge on any atom is -0.478 e. The van der Waals surface area contributed by atoms with Gasteiger partial charge in [-0.3, -0.25) is 9.59 Å². The van der Waals surface area contributed by atoms with Crippen LogP contribution >= 0.6 is 0 Å². The van der Waals surface area contributed by atoms with Gasteiger partial charge in [-0.15, -0.1) is 0 Å². The third-order valence-electron chi connectivity index (χ3n) is 12.8. The molecule has 0 aromatic heterocycles. The number of hydrogen-bond donors (Lipinski definition) is 1. The summed E-state index contributed by atoms with van der Waals surface area (Å²) in [5.41, 5.74) is 1.32. The third-order valence-corrected chi connectivity index (χ3v) is 12.8. The molecular formula is C30H44O4. The molecule has 4 heteroatoms. The van der Waals surface area contributed by atoms with Gasteiger partial charge < -0.3 is 5.11 Å². The van der Waals surface area contributed by atoms with Gasteiger partial charge in [-0.25, -0.2) is 4.79 Å². The molecule has 4 nitrogen and oxygen atoms in total. The van der Waals surface area contributed by atoms with Crippen LogP contribution in [0.4, 0.5) is 0 Å². The lowest BCUT2D eigenvalue weighted by molar-refractivity contribution is -0.157. The highest BCUT2D eigenvalue weighted by molar-refractivity contribution is 5.98. The number of ketones is 2. The molecule has 5 fully saturated rings. The van der Waals surface area contributed by atoms with Crippen LogP contribution in [0.5, 0.6) is 0 Å². The van der Waals surface area contributed by atoms with Crippen molar-refractivity contribution in [3.05, 3.63) is 11.6 Å². The molecule has 5 aliphatic rings. The van der Waals surface area contributed by atoms with E-state index in [1.807, 2.05) is 0 Å². The van der Waals surface area contributed by atoms with E-state index in [9.17, 15) is 14.4 Å². The molecular weight excluding hydrogens is 424 g/mol. The van der Waals surface area contributed by atoms with Gasteiger partial charge in [0, 0.05) is 23.8 Å². The third kappa shape index (κ3) is 2.86. The van der Waals surface area contributed by atoms with Crippen LogP contribution in [0.2, 0.25) is 0 Å². The summed E-state index contributed by atoms with van der Waals surface area (Å²) in [5.74, 6) is 1.50. The average Bonchev–Trinajstić information content (AvgIpc) is 3.33. The van der Waals surface area contributed by atoms with E-state index in [1.165, 1.54) is 57.9 Å². The zero-order valence-corrected chi connectivity index (χ0v) is 22.1. The first-order chi connectivity index (χ1) is 15.8. The van der Waals surface area contributed by atoms with Crippen molar-refractivity contribution in [3.63, 3.8) is 0 Å². The molecule has 0 unspecified atom stereocenters. The number of hydrogen-bond acceptors (Lipinski definition) is 3. The molecule has 0 aliphatic heterocycles. The highest BCUT2D eigenvalue weighted by Crippen LogP contribution is 2.88. The fourth-order valence-corrected chi connectivity index (χ4v) is 10.9. The summed E-state index contributed by atoms with van der Waals surface area (Å²) < 4.78 is 0. The maximum atomic E-state index is 12.8. The number of carbonyl (C=O) groups excluding carboxylic acids is 2. The van der Waals surface area contributed by atoms with Crippen LogP contribution < -0.4 is 0 Å². The summed E-state index contributed by atoms with van der Waals surface area (Å²) in [7, 11) is 0. The van der Waals surface area contributed by atoms with E-state index < -0.39 is 5.97 Å². The Labute approximate surface area is 205 Å². The largest absolute Gasteiger partial charge is 0.478 e. The summed E-state index contributed by atoms with van der Waals surface area (Å²) in [6, 6.07) is 0. The molecule has 34 heavy (non-hydrogen) atoms. The number of carboxylic acids is 1. The van der Waals surface area contributed by atoms with Gasteiger partial charge in [0.25, 0.3) is 0 Å². The molecule has 0 aromatic carbocycles. The Morgan fingerprint density at radius 2 is 1.62 bits per heavy atom. The number of aliphatic carboxylic acids is 1. The molecule has 5 rings (SSSR count). The van der Waals surface area contributed by atoms with E-state index in [0.29, 0.717) is 40.3 Å². The molecule has 0 amide bonds. The highest BCUT2D eigenvalue weighted by atomic mass is 16.4. The van der Waals surface area contributed by atoms with Crippen molar-refractivity contribution in [2.75, 3.05) is 0 Å². The molecule has 188 valence electrons. The molecule has 8 atom stereocenters. The van der Waals surface area contributed by atoms with E-state index in [4.69, 9.17) is 5.11 Å². The van der Waals surface area contributed by atoms with Crippen LogP contribution in [0.25, 0.3) is 0 Å². The van der Waals surface area contributed by atoms with Crippen molar-refractivity contribution < 1.29 is 19.5 Å². The Morgan fingerprint density at radius 3 is 2.29 bits per heavy atom. The highest BCUT2D eigenvalue weighted by Gasteiger charge is 2.82. The first kappa shape index (κ1) is 24.3. The monoisotopic (exact) mass is 468 g/mol. The Morgan fingerprint density at radius 1 is 0.971 bits per heavy atom. The summed E-state index contributed by atoms with van der Waals surface area (Å²) in [6.07, 6.45) is 12.4. The van der Waals surface area contributed by atoms with Crippen LogP contribution in [0.3, 0.4) is 0 Å². The predicted molar refractivity (Wildman–Crippen MR) is 132 cm³/mol. The fourth-order valence-electron chi connectivity index (χ4n) is 10.9. The second kappa shape index (κ2) is 7.29. The number of rotatable bonds is 5. The number of carbonyl (C=O) groups is 3. The molecule has 0 bridgehead atoms. The topological polar surface area (TPSA) is 71.4 Å². The van der Waals surface area contributed by atoms with Gasteiger partial charge in [0.15, 0.2) is 5.78 Å². The van der Waals surface area contributed by atoms with E-state index in [2.05, 4.69) is 34.6 Å². The molecule has 5 aliphatic carbocycles. The number of allylic oxidation sites excluding steroid dienone is 1. The maximum Gasteiger partial charge on any atom is 0.331 e. The fraction of sp³-hybridized carbons (Fsp3) is 0.833. The van der Waals surface area contributed by atoms with Crippen molar-refractivity contribution in [2.24, 2.45) is 50.7 Å². The van der Waals surface area contributed by atoms with Crippen molar-refractivity contribution in [2.45, 2.75) is 106 Å². The minimum absolute atomic E-state index is 0.0485. The average molecular weight is 469 g/mol. The zero-order valence-electron chi connectivity index (χ0n) is 22.1. The summed E-state index contributed by atoms with van der Waals surface area (Å²) in [6.45, 7) is 13.3. The maximum absolute atomic E-state index is 12.8. The van der Waals surface area contributed by atoms with Gasteiger partial charge in [0.05, 0.1) is 0 Å². The second-order valence-electron chi connectivity index (χ2n) is 14.1. The SMILES string of the molecule is C/C(=C\C(=O)C[C@@H](C)[C@H]1CC[C@@]2(C)[C@@H]3CC[C@@H]4C(C)(C)C(=O)CC[C@@]45C[C@]35CC[C@]12C)C(=O)O. The molecule has 5 saturated carbocycles. The number of carboxylic acid groups (broad SMARTS) is 1. The standard InChI is InChI=1S/C30H44O4/c1-18(15-20(31)16-19(2)25(33)34)21-9-11-28(6)23-8-7-22-26(3,4)24(32)10-12-29(22)17-30(23,29)14-13-27(21,28)5/h16,18,21-23H,7-15,17H2,1-6H3,(H,33,34)/b19-16+/t18-,21-,22-,23+,27-,28+,29-,30-/m1/s1. The van der Waals surface area contributed by atoms with Crippen molar-refractivity contribution in [1.82, 2.24) is 0 Å². The van der Waals surface area contributed by atoms with Crippen molar-refractivity contribution in [1.29, 1.82) is 0 Å². The van der Waals surface area contributed by atoms with Crippen LogP contribution in [0, 0.1) is 50.7 Å². The summed E-state index contributed by atoms with van der Waals surface area (Å²) >= 11 is 0. The zero-order chi connectivity index (χ0) is 24.9. The summed E-state index contributed by atoms with van der Waals surface area (Å²) in [4.78, 5) is 36.6. The van der Waals surface area contributed by atoms with Crippen LogP contribution in [0.1, 0.15) is 106 Å². The van der Waals surface area contributed by atoms with E-state index in [1.54, 1.807) is 0 Å². The van der Waals surface area contributed by atoms with Gasteiger partial charge in [-0.1, -0.05) is 34.6 Å². The molecule has 2 spiro atoms. The number of Topliss-reactive ketones (excluding diaryl/α,β-unsaturated/α-hetero) is 1. The minimum atomic E-state index is -1.01. The van der Waals surface area contributed by atoms with E-state index >= 15 is 0 Å². The summed E-state index contributed by atoms with van der Waals surface area (Å²) in [5, 5.41) is 9.13. The number of fused-ring (bicyclic) bond motifs is 2. The Hall–Kier alpha value is -1.45. The Kier molecular flexibility index (Phi) is 5.20. The van der Waals surface area contributed by atoms with Gasteiger partial charge in [0.2, 0.25) is 0 Å². The molecule has 0 heterocycles. The van der Waals surface area contributed by atoms with Gasteiger partial charge in [0.1, 0.15) is 5.78 Å². The Balaban J connectivity index is 1.39. The lowest BCUT2D eigenvalue weighted by atomic mass is 9.42. The van der Waals surface area contributed by atoms with Crippen molar-refractivity contribution >= 4 is 17.5 Å². The molecule has 0 aromatic rings. The lowest BCUT2D eigenvalue weighted by Crippen LogP contribution is -2.57.